The van der Waals surface area contributed by atoms with E-state index in [1.165, 1.54) is 23.4 Å². The fourth-order valence-corrected chi connectivity index (χ4v) is 4.26. The van der Waals surface area contributed by atoms with Gasteiger partial charge < -0.3 is 14.0 Å². The van der Waals surface area contributed by atoms with Crippen molar-refractivity contribution in [1.29, 1.82) is 0 Å². The van der Waals surface area contributed by atoms with Gasteiger partial charge in [-0.1, -0.05) is 37.7 Å². The van der Waals surface area contributed by atoms with E-state index in [-0.39, 0.29) is 16.8 Å². The smallest absolute Gasteiger partial charge is 0.332 e. The minimum atomic E-state index is -0.458. The van der Waals surface area contributed by atoms with Gasteiger partial charge in [0.2, 0.25) is 11.7 Å². The Balaban J connectivity index is 1.73. The van der Waals surface area contributed by atoms with E-state index in [1.54, 1.807) is 39.5 Å². The highest BCUT2D eigenvalue weighted by molar-refractivity contribution is 7.98. The largest absolute Gasteiger partial charge is 0.497 e. The number of rotatable bonds is 6. The number of methoxy groups -OCH3 is 2. The molecule has 0 spiro atoms. The van der Waals surface area contributed by atoms with E-state index in [9.17, 15) is 9.59 Å². The molecule has 0 saturated carbocycles. The van der Waals surface area contributed by atoms with Crippen LogP contribution in [0, 0.1) is 0 Å². The third-order valence-corrected chi connectivity index (χ3v) is 6.35. The van der Waals surface area contributed by atoms with Gasteiger partial charge in [0.1, 0.15) is 27.7 Å². The van der Waals surface area contributed by atoms with Gasteiger partial charge in [-0.05, 0) is 12.1 Å². The van der Waals surface area contributed by atoms with Crippen molar-refractivity contribution in [2.45, 2.75) is 37.0 Å². The Kier molecular flexibility index (Phi) is 6.41. The predicted octanol–water partition coefficient (Wildman–Crippen LogP) is 2.68. The molecule has 35 heavy (non-hydrogen) atoms. The lowest BCUT2D eigenvalue weighted by Gasteiger charge is -2.19. The summed E-state index contributed by atoms with van der Waals surface area (Å²) in [6, 6.07) is 5.31. The summed E-state index contributed by atoms with van der Waals surface area (Å²) < 4.78 is 18.5. The van der Waals surface area contributed by atoms with Crippen molar-refractivity contribution in [1.82, 2.24) is 29.2 Å². The number of benzene rings is 1. The van der Waals surface area contributed by atoms with Crippen LogP contribution in [0.5, 0.6) is 11.5 Å². The van der Waals surface area contributed by atoms with E-state index in [2.05, 4.69) is 20.1 Å². The molecular formula is C23H26N6O5S. The maximum atomic E-state index is 13.0. The standard InChI is InChI=1S/C23H26N6O5S/c1-23(2,3)21-25-18-16(20(30)29(5)22(31)28(18)4)19(26-21)35-11-15-24-17(27-34-15)13-9-8-12(32-6)10-14(13)33-7/h8-10H,11H2,1-7H3. The third-order valence-electron chi connectivity index (χ3n) is 5.39. The van der Waals surface area contributed by atoms with Gasteiger partial charge in [-0.15, -0.1) is 0 Å². The van der Waals surface area contributed by atoms with Crippen molar-refractivity contribution in [2.24, 2.45) is 14.1 Å². The van der Waals surface area contributed by atoms with E-state index in [4.69, 9.17) is 14.0 Å². The first-order valence-corrected chi connectivity index (χ1v) is 11.7. The molecule has 0 amide bonds. The molecule has 4 rings (SSSR count). The number of ether oxygens (including phenoxy) is 2. The number of hydrogen-bond acceptors (Lipinski definition) is 10. The predicted molar refractivity (Wildman–Crippen MR) is 131 cm³/mol. The second-order valence-electron chi connectivity index (χ2n) is 8.87. The second kappa shape index (κ2) is 9.17. The average Bonchev–Trinajstić information content (AvgIpc) is 3.32. The van der Waals surface area contributed by atoms with Gasteiger partial charge in [-0.25, -0.2) is 14.8 Å². The van der Waals surface area contributed by atoms with E-state index in [0.29, 0.717) is 39.6 Å². The fraction of sp³-hybridized carbons (Fsp3) is 0.391. The second-order valence-corrected chi connectivity index (χ2v) is 9.84. The van der Waals surface area contributed by atoms with Crippen LogP contribution in [0.15, 0.2) is 37.3 Å². The zero-order chi connectivity index (χ0) is 25.5. The van der Waals surface area contributed by atoms with E-state index in [1.807, 2.05) is 20.8 Å². The van der Waals surface area contributed by atoms with Crippen LogP contribution < -0.4 is 20.7 Å². The van der Waals surface area contributed by atoms with E-state index >= 15 is 0 Å². The quantitative estimate of drug-likeness (QED) is 0.289. The third kappa shape index (κ3) is 4.53. The first kappa shape index (κ1) is 24.5. The van der Waals surface area contributed by atoms with Gasteiger partial charge in [0, 0.05) is 25.6 Å². The lowest BCUT2D eigenvalue weighted by atomic mass is 9.96. The Bertz CT molecular complexity index is 1530. The zero-order valence-electron chi connectivity index (χ0n) is 20.6. The molecule has 0 atom stereocenters. The number of thioether (sulfide) groups is 1. The van der Waals surface area contributed by atoms with Crippen LogP contribution in [0.4, 0.5) is 0 Å². The molecule has 0 fully saturated rings. The molecule has 12 heteroatoms. The fourth-order valence-electron chi connectivity index (χ4n) is 3.41. The summed E-state index contributed by atoms with van der Waals surface area (Å²) in [5.41, 5.74) is -0.370. The van der Waals surface area contributed by atoms with Crippen molar-refractivity contribution < 1.29 is 14.0 Å². The highest BCUT2D eigenvalue weighted by Gasteiger charge is 2.24. The lowest BCUT2D eigenvalue weighted by molar-refractivity contribution is 0.388. The number of aromatic nitrogens is 6. The van der Waals surface area contributed by atoms with Crippen LogP contribution in [0.1, 0.15) is 32.5 Å². The summed E-state index contributed by atoms with van der Waals surface area (Å²) in [5, 5.41) is 4.79. The summed E-state index contributed by atoms with van der Waals surface area (Å²) in [6.07, 6.45) is 0. The molecule has 0 aliphatic rings. The molecule has 0 unspecified atom stereocenters. The molecular weight excluding hydrogens is 472 g/mol. The van der Waals surface area contributed by atoms with Crippen molar-refractivity contribution >= 4 is 22.8 Å². The Hall–Kier alpha value is -3.67. The van der Waals surface area contributed by atoms with Gasteiger partial charge in [-0.2, -0.15) is 4.98 Å². The molecule has 0 radical (unpaired) electrons. The minimum Gasteiger partial charge on any atom is -0.497 e. The van der Waals surface area contributed by atoms with Crippen molar-refractivity contribution in [2.75, 3.05) is 14.2 Å². The number of hydrogen-bond donors (Lipinski definition) is 0. The maximum Gasteiger partial charge on any atom is 0.332 e. The molecule has 4 aromatic rings. The average molecular weight is 499 g/mol. The summed E-state index contributed by atoms with van der Waals surface area (Å²) in [7, 11) is 6.15. The van der Waals surface area contributed by atoms with Gasteiger partial charge in [0.15, 0.2) is 5.65 Å². The number of fused-ring (bicyclic) bond motifs is 1. The SMILES string of the molecule is COc1ccc(-c2noc(CSc3nc(C(C)(C)C)nc4c3c(=O)n(C)c(=O)n4C)n2)c(OC)c1. The molecule has 11 nitrogen and oxygen atoms in total. The normalized spacial score (nSPS) is 11.7. The van der Waals surface area contributed by atoms with Crippen molar-refractivity contribution in [3.05, 3.63) is 50.8 Å². The summed E-state index contributed by atoms with van der Waals surface area (Å²) in [5.74, 6) is 2.67. The molecule has 0 aliphatic carbocycles. The van der Waals surface area contributed by atoms with Crippen LogP contribution in [0.25, 0.3) is 22.4 Å². The Labute approximate surface area is 205 Å². The number of aryl methyl sites for hydroxylation is 1. The first-order chi connectivity index (χ1) is 16.5. The molecule has 0 aliphatic heterocycles. The molecule has 3 aromatic heterocycles. The van der Waals surface area contributed by atoms with Crippen LogP contribution in [-0.2, 0) is 25.3 Å². The van der Waals surface area contributed by atoms with Crippen LogP contribution in [0.3, 0.4) is 0 Å². The Morgan fingerprint density at radius 3 is 2.43 bits per heavy atom. The van der Waals surface area contributed by atoms with Crippen LogP contribution in [0.2, 0.25) is 0 Å². The highest BCUT2D eigenvalue weighted by Crippen LogP contribution is 2.33. The Morgan fingerprint density at radius 1 is 1.03 bits per heavy atom. The minimum absolute atomic E-state index is 0.257. The maximum absolute atomic E-state index is 13.0. The zero-order valence-corrected chi connectivity index (χ0v) is 21.4. The van der Waals surface area contributed by atoms with Gasteiger partial charge in [0.25, 0.3) is 5.56 Å². The summed E-state index contributed by atoms with van der Waals surface area (Å²) in [6.45, 7) is 5.90. The summed E-state index contributed by atoms with van der Waals surface area (Å²) >= 11 is 1.27. The van der Waals surface area contributed by atoms with E-state index < -0.39 is 16.7 Å². The number of nitrogens with zero attached hydrogens (tertiary/aromatic N) is 6. The van der Waals surface area contributed by atoms with E-state index in [0.717, 1.165) is 4.57 Å². The topological polar surface area (TPSA) is 127 Å². The molecule has 0 saturated heterocycles. The van der Waals surface area contributed by atoms with Gasteiger partial charge in [-0.3, -0.25) is 13.9 Å². The highest BCUT2D eigenvalue weighted by atomic mass is 32.2. The monoisotopic (exact) mass is 498 g/mol. The molecule has 0 N–H and O–H groups in total. The van der Waals surface area contributed by atoms with Gasteiger partial charge >= 0.3 is 5.69 Å². The van der Waals surface area contributed by atoms with Crippen molar-refractivity contribution in [3.8, 4) is 22.9 Å². The lowest BCUT2D eigenvalue weighted by Crippen LogP contribution is -2.38. The van der Waals surface area contributed by atoms with Gasteiger partial charge in [0.05, 0.1) is 25.5 Å². The first-order valence-electron chi connectivity index (χ1n) is 10.7. The molecule has 1 aromatic carbocycles. The Morgan fingerprint density at radius 2 is 1.77 bits per heavy atom. The van der Waals surface area contributed by atoms with Crippen molar-refractivity contribution in [3.63, 3.8) is 0 Å². The summed E-state index contributed by atoms with van der Waals surface area (Å²) in [4.78, 5) is 39.2. The molecule has 184 valence electrons. The molecule has 3 heterocycles. The molecule has 0 bridgehead atoms. The van der Waals surface area contributed by atoms with Crippen LogP contribution >= 0.6 is 11.8 Å². The van der Waals surface area contributed by atoms with Crippen LogP contribution in [-0.4, -0.2) is 43.5 Å².